The van der Waals surface area contributed by atoms with Gasteiger partial charge in [-0.2, -0.15) is 0 Å². The van der Waals surface area contributed by atoms with Gasteiger partial charge in [0, 0.05) is 12.8 Å². The highest BCUT2D eigenvalue weighted by Gasteiger charge is 2.34. The zero-order chi connectivity index (χ0) is 54.7. The maximum atomic E-state index is 13.9. The lowest BCUT2D eigenvalue weighted by atomic mass is 10.0. The lowest BCUT2D eigenvalue weighted by Crippen LogP contribution is -2.60. The van der Waals surface area contributed by atoms with Crippen molar-refractivity contribution in [3.05, 3.63) is 35.9 Å². The molecular weight excluding hydrogens is 953 g/mol. The molecular formula is C44H70N12O16. The molecule has 402 valence electrons. The van der Waals surface area contributed by atoms with Crippen molar-refractivity contribution < 1.29 is 78.0 Å². The topological polar surface area (TPSA) is 472 Å². The van der Waals surface area contributed by atoms with Gasteiger partial charge in [-0.1, -0.05) is 44.2 Å². The summed E-state index contributed by atoms with van der Waals surface area (Å²) in [5.41, 5.74) is 17.0. The molecule has 0 aliphatic heterocycles. The van der Waals surface area contributed by atoms with E-state index in [1.807, 2.05) is 5.32 Å². The fourth-order valence-electron chi connectivity index (χ4n) is 6.47. The van der Waals surface area contributed by atoms with Crippen molar-refractivity contribution in [1.82, 2.24) is 47.9 Å². The average Bonchev–Trinajstić information content (AvgIpc) is 3.31. The summed E-state index contributed by atoms with van der Waals surface area (Å²) >= 11 is 0. The number of amides is 10. The van der Waals surface area contributed by atoms with Crippen LogP contribution in [0.4, 0.5) is 0 Å². The molecule has 0 spiro atoms. The van der Waals surface area contributed by atoms with E-state index in [1.54, 1.807) is 44.2 Å². The number of carboxylic acid groups (broad SMARTS) is 2. The second-order valence-electron chi connectivity index (χ2n) is 17.1. The van der Waals surface area contributed by atoms with E-state index in [2.05, 4.69) is 42.5 Å². The Morgan fingerprint density at radius 1 is 0.569 bits per heavy atom. The van der Waals surface area contributed by atoms with Crippen molar-refractivity contribution in [2.45, 2.75) is 134 Å². The number of aliphatic hydroxyl groups excluding tert-OH is 2. The van der Waals surface area contributed by atoms with Gasteiger partial charge in [0.1, 0.15) is 54.9 Å². The summed E-state index contributed by atoms with van der Waals surface area (Å²) in [6.07, 6.45) is -2.57. The Labute approximate surface area is 414 Å². The first-order chi connectivity index (χ1) is 33.8. The molecule has 1 aromatic rings. The maximum Gasteiger partial charge on any atom is 0.322 e. The predicted molar refractivity (Wildman–Crippen MR) is 253 cm³/mol. The van der Waals surface area contributed by atoms with Gasteiger partial charge < -0.3 is 85.5 Å². The number of aliphatic hydroxyl groups is 2. The number of hydrogen-bond acceptors (Lipinski definition) is 16. The van der Waals surface area contributed by atoms with Gasteiger partial charge in [0.25, 0.3) is 0 Å². The number of carboxylic acids is 2. The Morgan fingerprint density at radius 3 is 1.61 bits per heavy atom. The second-order valence-corrected chi connectivity index (χ2v) is 17.1. The molecule has 1 aromatic carbocycles. The molecule has 0 heterocycles. The van der Waals surface area contributed by atoms with E-state index in [1.165, 1.54) is 13.8 Å². The van der Waals surface area contributed by atoms with Gasteiger partial charge in [0.05, 0.1) is 25.7 Å². The van der Waals surface area contributed by atoms with Crippen molar-refractivity contribution >= 4 is 71.0 Å². The molecule has 72 heavy (non-hydrogen) atoms. The summed E-state index contributed by atoms with van der Waals surface area (Å²) in [5, 5.41) is 59.1. The van der Waals surface area contributed by atoms with E-state index in [0.717, 1.165) is 0 Å². The van der Waals surface area contributed by atoms with Crippen LogP contribution in [-0.2, 0) is 64.0 Å². The average molecular weight is 1020 g/mol. The number of carbonyl (C=O) groups is 12. The van der Waals surface area contributed by atoms with Gasteiger partial charge in [-0.25, -0.2) is 0 Å². The molecule has 0 saturated heterocycles. The van der Waals surface area contributed by atoms with E-state index in [-0.39, 0.29) is 31.7 Å². The van der Waals surface area contributed by atoms with Crippen molar-refractivity contribution in [2.24, 2.45) is 23.1 Å². The lowest BCUT2D eigenvalue weighted by Gasteiger charge is -2.28. The van der Waals surface area contributed by atoms with Gasteiger partial charge in [0.2, 0.25) is 59.1 Å². The molecule has 10 amide bonds. The number of aliphatic carboxylic acids is 2. The highest BCUT2D eigenvalue weighted by atomic mass is 16.4. The molecule has 19 N–H and O–H groups in total. The molecule has 0 saturated carbocycles. The molecule has 0 aliphatic carbocycles. The minimum absolute atomic E-state index is 0.0311. The molecule has 0 aliphatic rings. The Kier molecular flexibility index (Phi) is 28.4. The Hall–Kier alpha value is -7.30. The van der Waals surface area contributed by atoms with E-state index >= 15 is 0 Å². The highest BCUT2D eigenvalue weighted by Crippen LogP contribution is 2.10. The zero-order valence-corrected chi connectivity index (χ0v) is 40.6. The van der Waals surface area contributed by atoms with Crippen molar-refractivity contribution in [3.63, 3.8) is 0 Å². The smallest absolute Gasteiger partial charge is 0.322 e. The first-order valence-electron chi connectivity index (χ1n) is 23.0. The minimum Gasteiger partial charge on any atom is -0.481 e. The second kappa shape index (κ2) is 32.6. The van der Waals surface area contributed by atoms with Crippen molar-refractivity contribution in [3.8, 4) is 0 Å². The molecule has 9 atom stereocenters. The number of unbranched alkanes of at least 4 members (excludes halogenated alkanes) is 1. The van der Waals surface area contributed by atoms with Crippen LogP contribution in [0.5, 0.6) is 0 Å². The third-order valence-corrected chi connectivity index (χ3v) is 10.4. The normalized spacial score (nSPS) is 14.7. The summed E-state index contributed by atoms with van der Waals surface area (Å²) in [6, 6.07) is -3.66. The molecule has 0 unspecified atom stereocenters. The van der Waals surface area contributed by atoms with Crippen molar-refractivity contribution in [2.75, 3.05) is 26.2 Å². The first-order valence-corrected chi connectivity index (χ1v) is 23.0. The fourth-order valence-corrected chi connectivity index (χ4v) is 6.47. The van der Waals surface area contributed by atoms with E-state index < -0.39 is 164 Å². The maximum absolute atomic E-state index is 13.9. The summed E-state index contributed by atoms with van der Waals surface area (Å²) in [4.78, 5) is 153. The molecule has 28 nitrogen and oxygen atoms in total. The molecule has 0 radical (unpaired) electrons. The SMILES string of the molecule is CC(C)C[C@H](NC(=O)[C@H](CCCCN)NC(=O)[C@H](CCC(=O)O)NC(=O)[C@@H](N)[C@@H](C)O)C(=O)N[C@@H](CO)C(=O)N[C@@H](Cc1ccccc1)C(=O)NCC(=O)N[C@@H](C)C(=O)N[C@@H](CC(N)=O)C(=O)NCC(=O)O. The van der Waals surface area contributed by atoms with Gasteiger partial charge in [-0.15, -0.1) is 0 Å². The molecule has 1 rings (SSSR count). The van der Waals surface area contributed by atoms with E-state index in [9.17, 15) is 72.9 Å². The fraction of sp³-hybridized carbons (Fsp3) is 0.591. The van der Waals surface area contributed by atoms with E-state index in [0.29, 0.717) is 18.4 Å². The van der Waals surface area contributed by atoms with Crippen LogP contribution in [0, 0.1) is 5.92 Å². The number of hydrogen-bond donors (Lipinski definition) is 16. The van der Waals surface area contributed by atoms with Crippen LogP contribution in [0.25, 0.3) is 0 Å². The van der Waals surface area contributed by atoms with Gasteiger partial charge in [-0.05, 0) is 64.0 Å². The number of rotatable bonds is 34. The third-order valence-electron chi connectivity index (χ3n) is 10.4. The molecule has 0 aromatic heterocycles. The number of nitrogens with one attached hydrogen (secondary N) is 9. The molecule has 0 bridgehead atoms. The standard InChI is InChI=1S/C44H70N12O16/c1-22(2)16-28(54-40(68)26(12-8-9-15-45)51-41(69)27(13-14-34(61)62)52-44(72)36(47)24(4)58)42(70)56-31(21-57)43(71)55-29(17-25-10-6-5-7-11-25)38(66)48-19-33(60)50-23(3)37(65)53-30(18-32(46)59)39(67)49-20-35(63)64/h5-7,10-11,22-24,26-31,36,57-58H,8-9,12-21,45,47H2,1-4H3,(H2,46,59)(H,48,66)(H,49,67)(H,50,60)(H,51,69)(H,52,72)(H,53,65)(H,54,68)(H,55,71)(H,56,70)(H,61,62)(H,63,64)/t23-,24+,26-,27-,28-,29-,30-,31-,36-/m0/s1. The zero-order valence-electron chi connectivity index (χ0n) is 40.6. The summed E-state index contributed by atoms with van der Waals surface area (Å²) < 4.78 is 0. The van der Waals surface area contributed by atoms with Crippen molar-refractivity contribution in [1.29, 1.82) is 0 Å². The van der Waals surface area contributed by atoms with Gasteiger partial charge in [0.15, 0.2) is 0 Å². The quantitative estimate of drug-likeness (QED) is 0.0286. The van der Waals surface area contributed by atoms with Gasteiger partial charge in [-0.3, -0.25) is 57.5 Å². The third kappa shape index (κ3) is 24.5. The summed E-state index contributed by atoms with van der Waals surface area (Å²) in [5.74, 6) is -12.7. The Bertz CT molecular complexity index is 2040. The van der Waals surface area contributed by atoms with Crippen LogP contribution >= 0.6 is 0 Å². The molecule has 28 heteroatoms. The number of primary amides is 1. The van der Waals surface area contributed by atoms with Crippen LogP contribution < -0.4 is 65.1 Å². The molecule has 0 fully saturated rings. The van der Waals surface area contributed by atoms with Crippen LogP contribution in [0.15, 0.2) is 30.3 Å². The Morgan fingerprint density at radius 2 is 1.07 bits per heavy atom. The summed E-state index contributed by atoms with van der Waals surface area (Å²) in [7, 11) is 0. The number of carbonyl (C=O) groups excluding carboxylic acids is 10. The van der Waals surface area contributed by atoms with Gasteiger partial charge >= 0.3 is 11.9 Å². The predicted octanol–water partition coefficient (Wildman–Crippen LogP) is -6.42. The first kappa shape index (κ1) is 62.7. The van der Waals surface area contributed by atoms with Crippen LogP contribution in [0.2, 0.25) is 0 Å². The van der Waals surface area contributed by atoms with Crippen LogP contribution in [-0.4, -0.2) is 172 Å². The Balaban J connectivity index is 3.25. The summed E-state index contributed by atoms with van der Waals surface area (Å²) in [6.45, 7) is 3.48. The highest BCUT2D eigenvalue weighted by molar-refractivity contribution is 5.98. The number of benzene rings is 1. The lowest BCUT2D eigenvalue weighted by molar-refractivity contribution is -0.139. The van der Waals surface area contributed by atoms with Crippen LogP contribution in [0.3, 0.4) is 0 Å². The van der Waals surface area contributed by atoms with E-state index in [4.69, 9.17) is 22.3 Å². The van der Waals surface area contributed by atoms with Crippen LogP contribution in [0.1, 0.15) is 78.2 Å². The monoisotopic (exact) mass is 1020 g/mol. The largest absolute Gasteiger partial charge is 0.481 e. The minimum atomic E-state index is -1.73. The number of nitrogens with two attached hydrogens (primary N) is 3.